The summed E-state index contributed by atoms with van der Waals surface area (Å²) >= 11 is 0. The van der Waals surface area contributed by atoms with Crippen LogP contribution in [0.15, 0.2) is 0 Å². The Morgan fingerprint density at radius 3 is 2.25 bits per heavy atom. The van der Waals surface area contributed by atoms with Crippen LogP contribution in [0.3, 0.4) is 0 Å². The molecule has 0 aromatic heterocycles. The summed E-state index contributed by atoms with van der Waals surface area (Å²) in [6.45, 7) is 0. The molecule has 24 valence electrons. The minimum atomic E-state index is -0.790. The minimum Gasteiger partial charge on any atom is -0.826 e. The summed E-state index contributed by atoms with van der Waals surface area (Å²) in [5, 5.41) is 0. The fourth-order valence-electron chi connectivity index (χ4n) is 0. The molecule has 1 unspecified atom stereocenters. The van der Waals surface area contributed by atoms with E-state index in [1.807, 2.05) is 0 Å². The van der Waals surface area contributed by atoms with Crippen LogP contribution in [0.2, 0.25) is 0 Å². The lowest BCUT2D eigenvalue weighted by Gasteiger charge is -1.80. The molecule has 0 spiro atoms. The van der Waals surface area contributed by atoms with Crippen LogP contribution in [-0.2, 0) is 4.79 Å². The summed E-state index contributed by atoms with van der Waals surface area (Å²) in [7, 11) is -0.790. The molecule has 0 fully saturated rings. The molecule has 0 heterocycles. The second-order valence-corrected chi connectivity index (χ2v) is 0.707. The van der Waals surface area contributed by atoms with Crippen molar-refractivity contribution < 1.29 is 9.69 Å². The second kappa shape index (κ2) is 3.06. The maximum atomic E-state index is 8.96. The van der Waals surface area contributed by atoms with Gasteiger partial charge in [-0.1, -0.05) is 0 Å². The Hall–Kier alpha value is 0.0600. The third-order valence-corrected chi connectivity index (χ3v) is 0.144. The zero-order chi connectivity index (χ0) is 3.41. The van der Waals surface area contributed by atoms with E-state index >= 15 is 0 Å². The maximum absolute atomic E-state index is 8.96. The number of carbonyl (C=O) groups is 1. The van der Waals surface area contributed by atoms with E-state index in [1.165, 1.54) is 0 Å². The van der Waals surface area contributed by atoms with Gasteiger partial charge in [-0.3, -0.25) is 4.79 Å². The zero-order valence-electron chi connectivity index (χ0n) is 1.89. The van der Waals surface area contributed by atoms with Crippen LogP contribution in [0.25, 0.3) is 0 Å². The van der Waals surface area contributed by atoms with Crippen LogP contribution in [-0.4, -0.2) is 6.03 Å². The van der Waals surface area contributed by atoms with E-state index in [4.69, 9.17) is 9.69 Å². The quantitative estimate of drug-likeness (QED) is 0.301. The van der Waals surface area contributed by atoms with Gasteiger partial charge in [-0.15, -0.1) is 0 Å². The number of rotatable bonds is 1. The molecule has 0 saturated carbocycles. The molecule has 0 saturated heterocycles. The first kappa shape index (κ1) is 4.06. The number of carbonyl (C=O) groups excluding carboxylic acids is 1. The first-order valence-electron chi connectivity index (χ1n) is 0.729. The summed E-state index contributed by atoms with van der Waals surface area (Å²) < 4.78 is 0. The summed E-state index contributed by atoms with van der Waals surface area (Å²) in [6.07, 6.45) is 0. The van der Waals surface area contributed by atoms with Crippen LogP contribution in [0.4, 0.5) is 0 Å². The normalized spacial score (nSPS) is 9.25. The monoisotopic (exact) mass is 77.0 g/mol. The van der Waals surface area contributed by atoms with Gasteiger partial charge < -0.3 is 4.89 Å². The maximum Gasteiger partial charge on any atom is 0.122 e. The molecule has 2 nitrogen and oxygen atoms in total. The number of hydrogen-bond acceptors (Lipinski definition) is 2. The van der Waals surface area contributed by atoms with Gasteiger partial charge in [0.15, 0.2) is 0 Å². The Morgan fingerprint density at radius 2 is 2.25 bits per heavy atom. The summed E-state index contributed by atoms with van der Waals surface area (Å²) in [5.74, 6) is 0. The third kappa shape index (κ3) is 2.06. The van der Waals surface area contributed by atoms with Gasteiger partial charge in [-0.25, -0.2) is 0 Å². The van der Waals surface area contributed by atoms with E-state index in [1.54, 1.807) is 0 Å². The van der Waals surface area contributed by atoms with Crippen LogP contribution in [0, 0.1) is 0 Å². The average Bonchev–Trinajstić information content (AvgIpc) is 1.37. The molecular formula is CH2O2P-. The van der Waals surface area contributed by atoms with Crippen LogP contribution >= 0.6 is 8.81 Å². The summed E-state index contributed by atoms with van der Waals surface area (Å²) in [4.78, 5) is 17.8. The molecule has 0 aromatic rings. The highest BCUT2D eigenvalue weighted by molar-refractivity contribution is 7.47. The molecule has 0 N–H and O–H groups in total. The van der Waals surface area contributed by atoms with Gasteiger partial charge in [-0.2, -0.15) is 8.81 Å². The van der Waals surface area contributed by atoms with Crippen LogP contribution in [0.5, 0.6) is 0 Å². The van der Waals surface area contributed by atoms with Crippen molar-refractivity contribution in [1.82, 2.24) is 0 Å². The largest absolute Gasteiger partial charge is 0.826 e. The van der Waals surface area contributed by atoms with E-state index in [2.05, 4.69) is 0 Å². The van der Waals surface area contributed by atoms with E-state index in [0.29, 0.717) is 6.03 Å². The van der Waals surface area contributed by atoms with Crippen molar-refractivity contribution in [2.45, 2.75) is 0 Å². The minimum absolute atomic E-state index is 0.347. The van der Waals surface area contributed by atoms with Crippen LogP contribution in [0.1, 0.15) is 0 Å². The van der Waals surface area contributed by atoms with Crippen molar-refractivity contribution in [3.63, 3.8) is 0 Å². The molecule has 0 aliphatic carbocycles. The molecule has 0 amide bonds. The van der Waals surface area contributed by atoms with Gasteiger partial charge in [0.1, 0.15) is 6.03 Å². The summed E-state index contributed by atoms with van der Waals surface area (Å²) in [5.41, 5.74) is 0. The van der Waals surface area contributed by atoms with E-state index in [0.717, 1.165) is 0 Å². The lowest BCUT2D eigenvalue weighted by atomic mass is 11.8. The lowest BCUT2D eigenvalue weighted by molar-refractivity contribution is -0.146. The van der Waals surface area contributed by atoms with E-state index in [-0.39, 0.29) is 0 Å². The zero-order valence-corrected chi connectivity index (χ0v) is 2.89. The molecule has 0 radical (unpaired) electrons. The average molecular weight is 77.0 g/mol. The van der Waals surface area contributed by atoms with Gasteiger partial charge in [0.05, 0.1) is 0 Å². The van der Waals surface area contributed by atoms with Crippen LogP contribution < -0.4 is 4.89 Å². The van der Waals surface area contributed by atoms with Crippen molar-refractivity contribution in [2.75, 3.05) is 0 Å². The standard InChI is InChI=1S/CH2O2P/c2-1-4-3/h1,4H/q-1. The Labute approximate surface area is 25.7 Å². The fraction of sp³-hybridized carbons (Fsp3) is 0. The fourth-order valence-corrected chi connectivity index (χ4v) is 0. The Kier molecular flexibility index (Phi) is 3.11. The lowest BCUT2D eigenvalue weighted by Crippen LogP contribution is -1.76. The molecule has 0 rings (SSSR count). The Morgan fingerprint density at radius 1 is 2.00 bits per heavy atom. The van der Waals surface area contributed by atoms with Gasteiger partial charge in [-0.05, 0) is 0 Å². The molecule has 0 aromatic carbocycles. The Balaban J connectivity index is 2.30. The topological polar surface area (TPSA) is 40.1 Å². The molecule has 3 heteroatoms. The van der Waals surface area contributed by atoms with Gasteiger partial charge in [0.25, 0.3) is 0 Å². The molecule has 1 atom stereocenters. The first-order valence-corrected chi connectivity index (χ1v) is 1.71. The van der Waals surface area contributed by atoms with E-state index in [9.17, 15) is 0 Å². The highest BCUT2D eigenvalue weighted by Gasteiger charge is 1.37. The molecule has 4 heavy (non-hydrogen) atoms. The van der Waals surface area contributed by atoms with Crippen molar-refractivity contribution >= 4 is 14.8 Å². The van der Waals surface area contributed by atoms with Gasteiger partial charge in [0.2, 0.25) is 0 Å². The highest BCUT2D eigenvalue weighted by atomic mass is 31.1. The van der Waals surface area contributed by atoms with Crippen molar-refractivity contribution in [3.8, 4) is 0 Å². The van der Waals surface area contributed by atoms with Gasteiger partial charge in [0, 0.05) is 0 Å². The molecular weight excluding hydrogens is 75.0 g/mol. The van der Waals surface area contributed by atoms with Crippen molar-refractivity contribution in [3.05, 3.63) is 0 Å². The number of hydrogen-bond donors (Lipinski definition) is 0. The molecule has 0 bridgehead atoms. The van der Waals surface area contributed by atoms with Crippen molar-refractivity contribution in [1.29, 1.82) is 0 Å². The van der Waals surface area contributed by atoms with Crippen molar-refractivity contribution in [2.24, 2.45) is 0 Å². The Bertz CT molecular complexity index is 20.0. The van der Waals surface area contributed by atoms with E-state index < -0.39 is 8.81 Å². The van der Waals surface area contributed by atoms with Gasteiger partial charge >= 0.3 is 0 Å². The third-order valence-electron chi connectivity index (χ3n) is 0.0481. The highest BCUT2D eigenvalue weighted by Crippen LogP contribution is 1.76. The molecule has 0 aliphatic rings. The SMILES string of the molecule is O=CP[O-]. The molecule has 0 aliphatic heterocycles. The predicted octanol–water partition coefficient (Wildman–Crippen LogP) is -0.870. The first-order chi connectivity index (χ1) is 1.91. The predicted molar refractivity (Wildman–Crippen MR) is 15.1 cm³/mol. The smallest absolute Gasteiger partial charge is 0.122 e. The summed E-state index contributed by atoms with van der Waals surface area (Å²) in [6, 6.07) is 0.347. The second-order valence-electron chi connectivity index (χ2n) is 0.236.